The quantitative estimate of drug-likeness (QED) is 0.0551. The van der Waals surface area contributed by atoms with Crippen LogP contribution in [0.2, 0.25) is 0 Å². The van der Waals surface area contributed by atoms with E-state index < -0.39 is 6.36 Å². The van der Waals surface area contributed by atoms with E-state index in [2.05, 4.69) is 19.7 Å². The van der Waals surface area contributed by atoms with Gasteiger partial charge in [0.05, 0.1) is 19.0 Å². The number of nitrogens with one attached hydrogen (secondary N) is 2. The van der Waals surface area contributed by atoms with E-state index in [9.17, 15) is 14.0 Å². The third kappa shape index (κ3) is 11.0. The summed E-state index contributed by atoms with van der Waals surface area (Å²) in [6.45, 7) is 10.5. The number of halogens is 1. The zero-order chi connectivity index (χ0) is 38.6. The Morgan fingerprint density at radius 2 is 1.83 bits per heavy atom. The summed E-state index contributed by atoms with van der Waals surface area (Å²) in [4.78, 5) is 35.3. The van der Waals surface area contributed by atoms with Crippen LogP contribution >= 0.6 is 0 Å². The second-order valence-corrected chi connectivity index (χ2v) is 14.5. The number of hydrogen-bond donors (Lipinski definition) is 2. The van der Waals surface area contributed by atoms with Crippen molar-refractivity contribution in [3.05, 3.63) is 89.3 Å². The number of rotatable bonds is 17. The number of alkyl halides is 1. The topological polar surface area (TPSA) is 128 Å². The van der Waals surface area contributed by atoms with Gasteiger partial charge in [0.25, 0.3) is 0 Å². The van der Waals surface area contributed by atoms with E-state index in [0.717, 1.165) is 66.6 Å². The highest BCUT2D eigenvalue weighted by molar-refractivity contribution is 6.42. The van der Waals surface area contributed by atoms with E-state index in [0.29, 0.717) is 67.7 Å². The van der Waals surface area contributed by atoms with Gasteiger partial charge in [-0.05, 0) is 122 Å². The van der Waals surface area contributed by atoms with Gasteiger partial charge in [0.1, 0.15) is 23.3 Å². The highest BCUT2D eigenvalue weighted by Crippen LogP contribution is 2.36. The highest BCUT2D eigenvalue weighted by atomic mass is 19.1. The Bertz CT molecular complexity index is 1900. The van der Waals surface area contributed by atoms with Crippen LogP contribution in [0, 0.1) is 29.6 Å². The molecule has 2 aromatic carbocycles. The molecule has 2 heterocycles. The molecule has 284 valence electrons. The molecule has 9 nitrogen and oxygen atoms in total. The molecule has 0 radical (unpaired) electrons. The fraction of sp³-hybridized carbons (Fsp3) is 0.432. The van der Waals surface area contributed by atoms with Crippen molar-refractivity contribution in [3.63, 3.8) is 0 Å². The maximum absolute atomic E-state index is 13.3. The number of fused-ring (bicyclic) bond motifs is 1. The first-order chi connectivity index (χ1) is 26.0. The first kappa shape index (κ1) is 40.2. The molecule has 3 unspecified atom stereocenters. The SMILES string of the molecule is C=[N+](C1=N/C=C\CCC2C(c3ccc(OC(C)F)cc3)=CN=C12)c1ccc(C(=O)CC(=N)CCOCCCC(=N)C(=O)CC2=CCCC(C)CC2)c(C)c1. The van der Waals surface area contributed by atoms with Crippen LogP contribution in [0.25, 0.3) is 5.57 Å². The summed E-state index contributed by atoms with van der Waals surface area (Å²) < 4.78 is 25.9. The second-order valence-electron chi connectivity index (χ2n) is 14.5. The second kappa shape index (κ2) is 19.4. The molecule has 10 heteroatoms. The maximum Gasteiger partial charge on any atom is 0.349 e. The highest BCUT2D eigenvalue weighted by Gasteiger charge is 2.36. The Labute approximate surface area is 318 Å². The Morgan fingerprint density at radius 1 is 1.04 bits per heavy atom. The number of hydrogen-bond acceptors (Lipinski definition) is 8. The zero-order valence-electron chi connectivity index (χ0n) is 31.8. The molecule has 0 saturated heterocycles. The number of carbonyl (C=O) groups excluding carboxylic acids is 2. The molecule has 0 fully saturated rings. The lowest BCUT2D eigenvalue weighted by Crippen LogP contribution is -2.30. The third-order valence-electron chi connectivity index (χ3n) is 10.2. The van der Waals surface area contributed by atoms with Gasteiger partial charge in [-0.3, -0.25) is 14.6 Å². The van der Waals surface area contributed by atoms with Gasteiger partial charge in [0.15, 0.2) is 11.6 Å². The minimum absolute atomic E-state index is 0.00421. The van der Waals surface area contributed by atoms with Crippen LogP contribution in [0.15, 0.2) is 82.6 Å². The summed E-state index contributed by atoms with van der Waals surface area (Å²) in [7, 11) is 0. The van der Waals surface area contributed by atoms with Crippen molar-refractivity contribution in [2.24, 2.45) is 21.8 Å². The van der Waals surface area contributed by atoms with Crippen molar-refractivity contribution < 1.29 is 28.0 Å². The summed E-state index contributed by atoms with van der Waals surface area (Å²) in [6.07, 6.45) is 14.0. The van der Waals surface area contributed by atoms with Crippen LogP contribution in [-0.4, -0.2) is 65.4 Å². The molecule has 0 aromatic heterocycles. The lowest BCUT2D eigenvalue weighted by atomic mass is 9.86. The molecule has 54 heavy (non-hydrogen) atoms. The number of ketones is 2. The van der Waals surface area contributed by atoms with Gasteiger partial charge < -0.3 is 20.3 Å². The number of amidine groups is 1. The first-order valence-corrected chi connectivity index (χ1v) is 19.1. The summed E-state index contributed by atoms with van der Waals surface area (Å²) >= 11 is 0. The molecular weight excluding hydrogens is 682 g/mol. The minimum atomic E-state index is -1.39. The Balaban J connectivity index is 1.08. The molecule has 0 spiro atoms. The smallest absolute Gasteiger partial charge is 0.349 e. The molecule has 2 aliphatic heterocycles. The summed E-state index contributed by atoms with van der Waals surface area (Å²) in [5.41, 5.74) is 6.51. The van der Waals surface area contributed by atoms with Crippen molar-refractivity contribution in [2.75, 3.05) is 13.2 Å². The standard InChI is InChI=1S/C44H53FN5O4/c1-29-9-7-10-32(14-13-29)26-42(52)40(47)12-8-23-53-24-21-34(46)27-41(51)37-20-17-35(25-30(37)2)50(4)44-43-38(11-5-6-22-48-44)39(28-49-43)33-15-18-36(19-16-33)54-31(3)45/h6,10,15-20,22,25,28-29,31,38,46-47H,4-5,7-9,11-14,21,23-24,26-27H2,1-3H3/q+1/b22-6-,46-34?,47-40?,48-44?. The number of benzene rings is 2. The van der Waals surface area contributed by atoms with Gasteiger partial charge in [-0.15, -0.1) is 0 Å². The maximum atomic E-state index is 13.3. The van der Waals surface area contributed by atoms with Crippen molar-refractivity contribution >= 4 is 52.5 Å². The van der Waals surface area contributed by atoms with Crippen molar-refractivity contribution in [3.8, 4) is 5.75 Å². The molecule has 3 atom stereocenters. The van der Waals surface area contributed by atoms with Crippen molar-refractivity contribution in [1.29, 1.82) is 10.8 Å². The van der Waals surface area contributed by atoms with E-state index in [4.69, 9.17) is 30.3 Å². The van der Waals surface area contributed by atoms with Crippen LogP contribution in [0.3, 0.4) is 0 Å². The van der Waals surface area contributed by atoms with E-state index >= 15 is 0 Å². The molecule has 5 rings (SSSR count). The number of nitrogens with zero attached hydrogens (tertiary/aromatic N) is 3. The molecular formula is C44H53FN5O4+. The summed E-state index contributed by atoms with van der Waals surface area (Å²) in [6, 6.07) is 12.9. The van der Waals surface area contributed by atoms with Gasteiger partial charge in [-0.25, -0.2) is 8.97 Å². The monoisotopic (exact) mass is 734 g/mol. The van der Waals surface area contributed by atoms with Gasteiger partial charge >= 0.3 is 5.84 Å². The molecule has 0 amide bonds. The Kier molecular flexibility index (Phi) is 14.4. The number of aryl methyl sites for hydroxylation is 1. The van der Waals surface area contributed by atoms with E-state index in [1.807, 2.05) is 43.5 Å². The summed E-state index contributed by atoms with van der Waals surface area (Å²) in [5, 5.41) is 16.6. The number of carbonyl (C=O) groups is 2. The first-order valence-electron chi connectivity index (χ1n) is 19.1. The fourth-order valence-corrected chi connectivity index (χ4v) is 7.04. The van der Waals surface area contributed by atoms with E-state index in [1.54, 1.807) is 29.0 Å². The van der Waals surface area contributed by atoms with E-state index in [1.165, 1.54) is 12.5 Å². The molecule has 2 aromatic rings. The van der Waals surface area contributed by atoms with Gasteiger partial charge in [0.2, 0.25) is 6.36 Å². The van der Waals surface area contributed by atoms with Crippen LogP contribution in [-0.2, 0) is 9.53 Å². The lowest BCUT2D eigenvalue weighted by molar-refractivity contribution is -0.291. The molecule has 0 saturated carbocycles. The number of aliphatic imine (C=N–C) groups is 2. The molecule has 2 N–H and O–H groups in total. The summed E-state index contributed by atoms with van der Waals surface area (Å²) in [5.74, 6) is 1.51. The van der Waals surface area contributed by atoms with Crippen molar-refractivity contribution in [1.82, 2.24) is 0 Å². The van der Waals surface area contributed by atoms with Gasteiger partial charge in [-0.2, -0.15) is 0 Å². The average molecular weight is 735 g/mol. The number of Topliss-reactive ketones (excluding diaryl/α,β-unsaturated/α-hetero) is 2. The van der Waals surface area contributed by atoms with E-state index in [-0.39, 0.29) is 29.6 Å². The largest absolute Gasteiger partial charge is 0.461 e. The number of allylic oxidation sites excluding steroid dienone is 4. The Morgan fingerprint density at radius 3 is 2.59 bits per heavy atom. The zero-order valence-corrected chi connectivity index (χ0v) is 31.8. The predicted octanol–water partition coefficient (Wildman–Crippen LogP) is 9.75. The van der Waals surface area contributed by atoms with Crippen LogP contribution < -0.4 is 4.74 Å². The Hall–Kier alpha value is -4.96. The molecule has 3 aliphatic rings. The fourth-order valence-electron chi connectivity index (χ4n) is 7.04. The average Bonchev–Trinajstić information content (AvgIpc) is 3.41. The number of ether oxygens (including phenoxy) is 2. The minimum Gasteiger partial charge on any atom is -0.461 e. The van der Waals surface area contributed by atoms with Gasteiger partial charge in [0, 0.05) is 56.2 Å². The molecule has 0 bridgehead atoms. The van der Waals surface area contributed by atoms with Gasteiger partial charge in [-0.1, -0.05) is 30.7 Å². The van der Waals surface area contributed by atoms with Crippen molar-refractivity contribution in [2.45, 2.75) is 97.8 Å². The molecule has 1 aliphatic carbocycles. The van der Waals surface area contributed by atoms with Crippen LogP contribution in [0.1, 0.15) is 106 Å². The lowest BCUT2D eigenvalue weighted by Gasteiger charge is -2.18. The van der Waals surface area contributed by atoms with Crippen LogP contribution in [0.4, 0.5) is 10.1 Å². The normalized spacial score (nSPS) is 19.4. The third-order valence-corrected chi connectivity index (χ3v) is 10.2. The predicted molar refractivity (Wildman–Crippen MR) is 215 cm³/mol. The van der Waals surface area contributed by atoms with Crippen LogP contribution in [0.5, 0.6) is 5.75 Å².